The Kier molecular flexibility index (Phi) is 4.29. The summed E-state index contributed by atoms with van der Waals surface area (Å²) >= 11 is 8.05. The van der Waals surface area contributed by atoms with E-state index in [9.17, 15) is 9.50 Å². The molecule has 0 atom stereocenters. The molecule has 2 N–H and O–H groups in total. The first-order valence-electron chi connectivity index (χ1n) is 5.23. The van der Waals surface area contributed by atoms with Gasteiger partial charge in [-0.3, -0.25) is 0 Å². The van der Waals surface area contributed by atoms with Gasteiger partial charge in [-0.2, -0.15) is 0 Å². The minimum Gasteiger partial charge on any atom is -0.508 e. The molecule has 0 fully saturated rings. The first kappa shape index (κ1) is 13.4. The number of anilines is 1. The van der Waals surface area contributed by atoms with E-state index in [0.717, 1.165) is 9.26 Å². The highest BCUT2D eigenvalue weighted by Crippen LogP contribution is 2.27. The van der Waals surface area contributed by atoms with Crippen molar-refractivity contribution < 1.29 is 9.50 Å². The van der Waals surface area contributed by atoms with Gasteiger partial charge in [0, 0.05) is 26.4 Å². The number of rotatable bonds is 3. The van der Waals surface area contributed by atoms with E-state index in [4.69, 9.17) is 11.6 Å². The topological polar surface area (TPSA) is 32.3 Å². The van der Waals surface area contributed by atoms with E-state index in [1.165, 1.54) is 12.1 Å². The fraction of sp³-hybridized carbons (Fsp3) is 0.0769. The smallest absolute Gasteiger partial charge is 0.124 e. The molecule has 0 aliphatic heterocycles. The number of nitrogens with one attached hydrogen (secondary N) is 1. The van der Waals surface area contributed by atoms with Gasteiger partial charge in [0.05, 0.1) is 0 Å². The molecular formula is C13H10ClFINO. The van der Waals surface area contributed by atoms with Crippen LogP contribution in [-0.4, -0.2) is 5.11 Å². The molecular weight excluding hydrogens is 368 g/mol. The predicted octanol–water partition coefficient (Wildman–Crippen LogP) is 4.40. The number of phenols is 1. The molecule has 0 bridgehead atoms. The molecule has 0 spiro atoms. The Hall–Kier alpha value is -1.01. The number of hydrogen-bond acceptors (Lipinski definition) is 2. The molecule has 5 heteroatoms. The second kappa shape index (κ2) is 5.75. The van der Waals surface area contributed by atoms with Crippen LogP contribution in [0, 0.1) is 9.39 Å². The van der Waals surface area contributed by atoms with Gasteiger partial charge in [0.2, 0.25) is 0 Å². The van der Waals surface area contributed by atoms with Gasteiger partial charge >= 0.3 is 0 Å². The third kappa shape index (κ3) is 3.05. The van der Waals surface area contributed by atoms with Crippen molar-refractivity contribution in [2.75, 3.05) is 5.32 Å². The largest absolute Gasteiger partial charge is 0.508 e. The van der Waals surface area contributed by atoms with Crippen LogP contribution in [0.5, 0.6) is 5.75 Å². The first-order valence-corrected chi connectivity index (χ1v) is 6.69. The quantitative estimate of drug-likeness (QED) is 0.777. The second-order valence-electron chi connectivity index (χ2n) is 3.72. The highest BCUT2D eigenvalue weighted by molar-refractivity contribution is 14.1. The summed E-state index contributed by atoms with van der Waals surface area (Å²) in [4.78, 5) is 0. The van der Waals surface area contributed by atoms with Crippen LogP contribution in [0.3, 0.4) is 0 Å². The molecule has 94 valence electrons. The molecule has 0 aromatic heterocycles. The molecule has 0 aliphatic carbocycles. The monoisotopic (exact) mass is 377 g/mol. The van der Waals surface area contributed by atoms with E-state index in [-0.39, 0.29) is 11.6 Å². The van der Waals surface area contributed by atoms with Crippen LogP contribution in [0.1, 0.15) is 5.56 Å². The molecule has 2 rings (SSSR count). The second-order valence-corrected chi connectivity index (χ2v) is 5.28. The SMILES string of the molecule is Oc1cccc(Cl)c1CNc1ccc(F)cc1I. The highest BCUT2D eigenvalue weighted by Gasteiger charge is 2.07. The molecule has 2 aromatic carbocycles. The third-order valence-electron chi connectivity index (χ3n) is 2.48. The van der Waals surface area contributed by atoms with Crippen LogP contribution in [0.2, 0.25) is 5.02 Å². The van der Waals surface area contributed by atoms with E-state index in [0.29, 0.717) is 17.1 Å². The number of halogens is 3. The van der Waals surface area contributed by atoms with Gasteiger partial charge in [-0.1, -0.05) is 17.7 Å². The van der Waals surface area contributed by atoms with Crippen LogP contribution < -0.4 is 5.32 Å². The summed E-state index contributed by atoms with van der Waals surface area (Å²) in [5.74, 6) is -0.127. The van der Waals surface area contributed by atoms with E-state index >= 15 is 0 Å². The minimum absolute atomic E-state index is 0.145. The van der Waals surface area contributed by atoms with E-state index in [1.807, 2.05) is 22.6 Å². The maximum absolute atomic E-state index is 12.9. The van der Waals surface area contributed by atoms with Gasteiger partial charge in [0.15, 0.2) is 0 Å². The van der Waals surface area contributed by atoms with Gasteiger partial charge in [-0.25, -0.2) is 4.39 Å². The summed E-state index contributed by atoms with van der Waals surface area (Å²) in [6.07, 6.45) is 0. The standard InChI is InChI=1S/C13H10ClFINO/c14-10-2-1-3-13(18)9(10)7-17-12-5-4-8(15)6-11(12)16/h1-6,17-18H,7H2. The molecule has 0 aliphatic rings. The lowest BCUT2D eigenvalue weighted by Crippen LogP contribution is -2.02. The maximum atomic E-state index is 12.9. The Morgan fingerprint density at radius 3 is 2.72 bits per heavy atom. The molecule has 0 saturated carbocycles. The number of benzene rings is 2. The van der Waals surface area contributed by atoms with Crippen molar-refractivity contribution in [1.82, 2.24) is 0 Å². The predicted molar refractivity (Wildman–Crippen MR) is 79.6 cm³/mol. The lowest BCUT2D eigenvalue weighted by Gasteiger charge is -2.11. The average molecular weight is 378 g/mol. The zero-order valence-corrected chi connectivity index (χ0v) is 12.2. The Balaban J connectivity index is 2.16. The van der Waals surface area contributed by atoms with E-state index < -0.39 is 0 Å². The molecule has 0 heterocycles. The van der Waals surface area contributed by atoms with Gasteiger partial charge < -0.3 is 10.4 Å². The summed E-state index contributed by atoms with van der Waals surface area (Å²) in [7, 11) is 0. The molecule has 0 amide bonds. The number of aromatic hydroxyl groups is 1. The molecule has 2 nitrogen and oxygen atoms in total. The van der Waals surface area contributed by atoms with Crippen LogP contribution in [0.15, 0.2) is 36.4 Å². The Bertz CT molecular complexity index is 557. The summed E-state index contributed by atoms with van der Waals surface area (Å²) in [5.41, 5.74) is 1.43. The molecule has 0 saturated heterocycles. The van der Waals surface area contributed by atoms with Crippen molar-refractivity contribution in [3.63, 3.8) is 0 Å². The van der Waals surface area contributed by atoms with Crippen molar-refractivity contribution in [2.24, 2.45) is 0 Å². The molecule has 2 aromatic rings. The van der Waals surface area contributed by atoms with Crippen molar-refractivity contribution in [2.45, 2.75) is 6.54 Å². The van der Waals surface area contributed by atoms with Gasteiger partial charge in [-0.15, -0.1) is 0 Å². The van der Waals surface area contributed by atoms with E-state index in [1.54, 1.807) is 24.3 Å². The lowest BCUT2D eigenvalue weighted by atomic mass is 10.2. The average Bonchev–Trinajstić information content (AvgIpc) is 2.31. The van der Waals surface area contributed by atoms with Gasteiger partial charge in [0.1, 0.15) is 11.6 Å². The van der Waals surface area contributed by atoms with Crippen molar-refractivity contribution in [1.29, 1.82) is 0 Å². The first-order chi connectivity index (χ1) is 8.58. The summed E-state index contributed by atoms with van der Waals surface area (Å²) in [6, 6.07) is 9.46. The van der Waals surface area contributed by atoms with Crippen LogP contribution >= 0.6 is 34.2 Å². The van der Waals surface area contributed by atoms with Crippen LogP contribution in [-0.2, 0) is 6.54 Å². The molecule has 0 radical (unpaired) electrons. The number of phenolic OH excluding ortho intramolecular Hbond substituents is 1. The lowest BCUT2D eigenvalue weighted by molar-refractivity contribution is 0.469. The summed E-state index contributed by atoms with van der Waals surface area (Å²) in [6.45, 7) is 0.382. The fourth-order valence-corrected chi connectivity index (χ4v) is 2.44. The Morgan fingerprint density at radius 2 is 2.06 bits per heavy atom. The zero-order valence-electron chi connectivity index (χ0n) is 9.25. The van der Waals surface area contributed by atoms with E-state index in [2.05, 4.69) is 5.32 Å². The Labute approximate surface area is 123 Å². The molecule has 0 unspecified atom stereocenters. The Morgan fingerprint density at radius 1 is 1.28 bits per heavy atom. The summed E-state index contributed by atoms with van der Waals surface area (Å²) in [5, 5.41) is 13.3. The summed E-state index contributed by atoms with van der Waals surface area (Å²) < 4.78 is 13.7. The van der Waals surface area contributed by atoms with Crippen molar-refractivity contribution >= 4 is 39.9 Å². The normalized spacial score (nSPS) is 10.4. The highest BCUT2D eigenvalue weighted by atomic mass is 127. The number of hydrogen-bond donors (Lipinski definition) is 2. The molecule has 18 heavy (non-hydrogen) atoms. The third-order valence-corrected chi connectivity index (χ3v) is 3.73. The van der Waals surface area contributed by atoms with Crippen molar-refractivity contribution in [3.05, 3.63) is 56.4 Å². The van der Waals surface area contributed by atoms with Crippen LogP contribution in [0.4, 0.5) is 10.1 Å². The maximum Gasteiger partial charge on any atom is 0.124 e. The minimum atomic E-state index is -0.273. The fourth-order valence-electron chi connectivity index (χ4n) is 1.54. The van der Waals surface area contributed by atoms with Crippen molar-refractivity contribution in [3.8, 4) is 5.75 Å². The van der Waals surface area contributed by atoms with Gasteiger partial charge in [-0.05, 0) is 52.9 Å². The zero-order chi connectivity index (χ0) is 13.1. The van der Waals surface area contributed by atoms with Gasteiger partial charge in [0.25, 0.3) is 0 Å². The van der Waals surface area contributed by atoms with Crippen LogP contribution in [0.25, 0.3) is 0 Å².